The fraction of sp³-hybridized carbons (Fsp3) is 0.333. The van der Waals surface area contributed by atoms with Crippen molar-refractivity contribution in [3.05, 3.63) is 35.7 Å². The van der Waals surface area contributed by atoms with Crippen LogP contribution in [0.15, 0.2) is 24.3 Å². The van der Waals surface area contributed by atoms with Crippen molar-refractivity contribution in [3.8, 4) is 0 Å². The van der Waals surface area contributed by atoms with Crippen molar-refractivity contribution in [1.29, 1.82) is 0 Å². The molecule has 5 heteroatoms. The Morgan fingerprint density at radius 2 is 2.00 bits per heavy atom. The van der Waals surface area contributed by atoms with Gasteiger partial charge in [-0.3, -0.25) is 4.79 Å². The molecule has 0 saturated heterocycles. The van der Waals surface area contributed by atoms with E-state index in [1.165, 1.54) is 18.2 Å². The third kappa shape index (κ3) is 4.50. The minimum Gasteiger partial charge on any atom is -0.478 e. The van der Waals surface area contributed by atoms with E-state index < -0.39 is 11.8 Å². The predicted octanol–water partition coefficient (Wildman–Crippen LogP) is 3.30. The van der Waals surface area contributed by atoms with E-state index in [2.05, 4.69) is 5.32 Å². The standard InChI is InChI=1S/C15H18FNO3/c1-3-10(4-2)15(20)17-12-6-7-13(16)11(9-12)5-8-14(18)19/h5-10H,3-4H2,1-2H3,(H,17,20)(H,18,19)/b8-5+. The number of carboxylic acids is 1. The molecule has 0 bridgehead atoms. The number of amides is 1. The first kappa shape index (κ1) is 15.9. The van der Waals surface area contributed by atoms with Crippen molar-refractivity contribution in [3.63, 3.8) is 0 Å². The maximum Gasteiger partial charge on any atom is 0.328 e. The van der Waals surface area contributed by atoms with Crippen LogP contribution in [0.5, 0.6) is 0 Å². The first-order chi connectivity index (χ1) is 9.47. The lowest BCUT2D eigenvalue weighted by Crippen LogP contribution is -2.21. The van der Waals surface area contributed by atoms with Gasteiger partial charge in [0, 0.05) is 23.2 Å². The molecule has 0 atom stereocenters. The molecule has 0 aliphatic rings. The largest absolute Gasteiger partial charge is 0.478 e. The maximum atomic E-state index is 13.5. The molecule has 1 aromatic rings. The highest BCUT2D eigenvalue weighted by molar-refractivity contribution is 5.93. The average Bonchev–Trinajstić information content (AvgIpc) is 2.40. The van der Waals surface area contributed by atoms with Crippen LogP contribution >= 0.6 is 0 Å². The summed E-state index contributed by atoms with van der Waals surface area (Å²) in [5.41, 5.74) is 0.572. The first-order valence-corrected chi connectivity index (χ1v) is 6.49. The molecular weight excluding hydrogens is 261 g/mol. The van der Waals surface area contributed by atoms with Crippen LogP contribution in [0.1, 0.15) is 32.3 Å². The zero-order chi connectivity index (χ0) is 15.1. The Bertz CT molecular complexity index is 522. The number of hydrogen-bond donors (Lipinski definition) is 2. The molecule has 0 spiro atoms. The molecule has 108 valence electrons. The highest BCUT2D eigenvalue weighted by Gasteiger charge is 2.14. The Labute approximate surface area is 117 Å². The van der Waals surface area contributed by atoms with E-state index in [1.807, 2.05) is 13.8 Å². The molecule has 0 aromatic heterocycles. The lowest BCUT2D eigenvalue weighted by molar-refractivity contribution is -0.131. The van der Waals surface area contributed by atoms with Gasteiger partial charge in [0.1, 0.15) is 5.82 Å². The van der Waals surface area contributed by atoms with Crippen molar-refractivity contribution in [1.82, 2.24) is 0 Å². The Morgan fingerprint density at radius 1 is 1.35 bits per heavy atom. The molecule has 0 fully saturated rings. The quantitative estimate of drug-likeness (QED) is 0.785. The highest BCUT2D eigenvalue weighted by Crippen LogP contribution is 2.18. The molecule has 2 N–H and O–H groups in total. The summed E-state index contributed by atoms with van der Waals surface area (Å²) in [6.45, 7) is 3.86. The second-order valence-corrected chi connectivity index (χ2v) is 4.41. The second-order valence-electron chi connectivity index (χ2n) is 4.41. The summed E-state index contributed by atoms with van der Waals surface area (Å²) in [5.74, 6) is -1.90. The summed E-state index contributed by atoms with van der Waals surface area (Å²) in [7, 11) is 0. The van der Waals surface area contributed by atoms with Gasteiger partial charge in [0.15, 0.2) is 0 Å². The zero-order valence-electron chi connectivity index (χ0n) is 11.5. The van der Waals surface area contributed by atoms with Crippen LogP contribution in [0.4, 0.5) is 10.1 Å². The SMILES string of the molecule is CCC(CC)C(=O)Nc1ccc(F)c(/C=C/C(=O)O)c1. The average molecular weight is 279 g/mol. The summed E-state index contributed by atoms with van der Waals surface area (Å²) < 4.78 is 13.5. The number of rotatable bonds is 6. The molecule has 20 heavy (non-hydrogen) atoms. The molecule has 1 amide bonds. The van der Waals surface area contributed by atoms with Crippen LogP contribution in [0.2, 0.25) is 0 Å². The van der Waals surface area contributed by atoms with Crippen molar-refractivity contribution >= 4 is 23.6 Å². The van der Waals surface area contributed by atoms with Crippen LogP contribution < -0.4 is 5.32 Å². The van der Waals surface area contributed by atoms with E-state index in [9.17, 15) is 14.0 Å². The third-order valence-corrected chi connectivity index (χ3v) is 3.03. The van der Waals surface area contributed by atoms with E-state index in [1.54, 1.807) is 0 Å². The van der Waals surface area contributed by atoms with E-state index >= 15 is 0 Å². The lowest BCUT2D eigenvalue weighted by atomic mass is 10.0. The zero-order valence-corrected chi connectivity index (χ0v) is 11.5. The van der Waals surface area contributed by atoms with Gasteiger partial charge in [0.05, 0.1) is 0 Å². The normalized spacial score (nSPS) is 11.0. The molecule has 1 aromatic carbocycles. The van der Waals surface area contributed by atoms with E-state index in [-0.39, 0.29) is 17.4 Å². The Kier molecular flexibility index (Phi) is 5.90. The summed E-state index contributed by atoms with van der Waals surface area (Å²) in [5, 5.41) is 11.3. The Balaban J connectivity index is 2.90. The molecule has 0 heterocycles. The number of carbonyl (C=O) groups is 2. The van der Waals surface area contributed by atoms with Gasteiger partial charge in [-0.05, 0) is 37.1 Å². The third-order valence-electron chi connectivity index (χ3n) is 3.03. The molecule has 1 rings (SSSR count). The fourth-order valence-corrected chi connectivity index (χ4v) is 1.81. The van der Waals surface area contributed by atoms with Gasteiger partial charge in [-0.1, -0.05) is 13.8 Å². The van der Waals surface area contributed by atoms with Crippen LogP contribution in [-0.4, -0.2) is 17.0 Å². The molecule has 0 aliphatic heterocycles. The minimum absolute atomic E-state index is 0.0851. The van der Waals surface area contributed by atoms with Crippen molar-refractivity contribution in [2.45, 2.75) is 26.7 Å². The fourth-order valence-electron chi connectivity index (χ4n) is 1.81. The Hall–Kier alpha value is -2.17. The topological polar surface area (TPSA) is 66.4 Å². The van der Waals surface area contributed by atoms with Gasteiger partial charge >= 0.3 is 5.97 Å². The molecule has 0 aliphatic carbocycles. The van der Waals surface area contributed by atoms with Gasteiger partial charge in [0.2, 0.25) is 5.91 Å². The monoisotopic (exact) mass is 279 g/mol. The molecular formula is C15H18FNO3. The van der Waals surface area contributed by atoms with Gasteiger partial charge in [0.25, 0.3) is 0 Å². The highest BCUT2D eigenvalue weighted by atomic mass is 19.1. The number of halogens is 1. The van der Waals surface area contributed by atoms with Crippen LogP contribution in [0.3, 0.4) is 0 Å². The smallest absolute Gasteiger partial charge is 0.328 e. The van der Waals surface area contributed by atoms with E-state index in [0.29, 0.717) is 5.69 Å². The number of benzene rings is 1. The number of aliphatic carboxylic acids is 1. The van der Waals surface area contributed by atoms with E-state index in [4.69, 9.17) is 5.11 Å². The van der Waals surface area contributed by atoms with E-state index in [0.717, 1.165) is 25.0 Å². The van der Waals surface area contributed by atoms with Gasteiger partial charge in [-0.15, -0.1) is 0 Å². The number of anilines is 1. The molecule has 0 radical (unpaired) electrons. The first-order valence-electron chi connectivity index (χ1n) is 6.49. The maximum absolute atomic E-state index is 13.5. The van der Waals surface area contributed by atoms with Gasteiger partial charge in [-0.2, -0.15) is 0 Å². The number of carbonyl (C=O) groups excluding carboxylic acids is 1. The molecule has 0 unspecified atom stereocenters. The van der Waals surface area contributed by atoms with Crippen LogP contribution in [-0.2, 0) is 9.59 Å². The predicted molar refractivity (Wildman–Crippen MR) is 75.8 cm³/mol. The summed E-state index contributed by atoms with van der Waals surface area (Å²) in [4.78, 5) is 22.4. The van der Waals surface area contributed by atoms with Crippen molar-refractivity contribution < 1.29 is 19.1 Å². The van der Waals surface area contributed by atoms with Crippen LogP contribution in [0.25, 0.3) is 6.08 Å². The molecule has 0 saturated carbocycles. The minimum atomic E-state index is -1.16. The number of carboxylic acid groups (broad SMARTS) is 1. The molecule has 4 nitrogen and oxygen atoms in total. The van der Waals surface area contributed by atoms with Gasteiger partial charge in [-0.25, -0.2) is 9.18 Å². The van der Waals surface area contributed by atoms with Crippen LogP contribution in [0, 0.1) is 11.7 Å². The second kappa shape index (κ2) is 7.43. The van der Waals surface area contributed by atoms with Crippen molar-refractivity contribution in [2.24, 2.45) is 5.92 Å². The van der Waals surface area contributed by atoms with Gasteiger partial charge < -0.3 is 10.4 Å². The lowest BCUT2D eigenvalue weighted by Gasteiger charge is -2.13. The Morgan fingerprint density at radius 3 is 2.55 bits per heavy atom. The summed E-state index contributed by atoms with van der Waals surface area (Å²) in [6, 6.07) is 4.06. The number of nitrogens with one attached hydrogen (secondary N) is 1. The summed E-state index contributed by atoms with van der Waals surface area (Å²) in [6.07, 6.45) is 3.47. The van der Waals surface area contributed by atoms with Crippen molar-refractivity contribution in [2.75, 3.05) is 5.32 Å². The number of hydrogen-bond acceptors (Lipinski definition) is 2. The summed E-state index contributed by atoms with van der Waals surface area (Å²) >= 11 is 0.